The summed E-state index contributed by atoms with van der Waals surface area (Å²) in [5, 5.41) is 11.0. The highest BCUT2D eigenvalue weighted by atomic mass is 32.2. The van der Waals surface area contributed by atoms with Crippen LogP contribution < -0.4 is 10.0 Å². The van der Waals surface area contributed by atoms with Crippen molar-refractivity contribution in [1.82, 2.24) is 14.9 Å². The Morgan fingerprint density at radius 3 is 2.26 bits per heavy atom. The van der Waals surface area contributed by atoms with E-state index >= 15 is 0 Å². The third-order valence-electron chi connectivity index (χ3n) is 5.68. The zero-order valence-electron chi connectivity index (χ0n) is 18.1. The first-order valence-electron chi connectivity index (χ1n) is 10.4. The van der Waals surface area contributed by atoms with Crippen molar-refractivity contribution in [2.24, 2.45) is 11.8 Å². The molecule has 172 valence electrons. The fourth-order valence-corrected chi connectivity index (χ4v) is 4.76. The minimum Gasteiger partial charge on any atom is -0.480 e. The Morgan fingerprint density at radius 1 is 1.16 bits per heavy atom. The molecule has 10 heteroatoms. The van der Waals surface area contributed by atoms with Gasteiger partial charge in [-0.1, -0.05) is 38.0 Å². The van der Waals surface area contributed by atoms with Crippen LogP contribution >= 0.6 is 0 Å². The Hall–Kier alpha value is -2.46. The number of rotatable bonds is 9. The Morgan fingerprint density at radius 2 is 1.74 bits per heavy atom. The zero-order chi connectivity index (χ0) is 23.2. The number of likely N-dealkylation sites (tertiary alicyclic amines) is 1. The monoisotopic (exact) mass is 453 g/mol. The van der Waals surface area contributed by atoms with Gasteiger partial charge in [0.25, 0.3) is 0 Å². The molecular weight excluding hydrogens is 422 g/mol. The van der Waals surface area contributed by atoms with Gasteiger partial charge in [-0.05, 0) is 37.8 Å². The van der Waals surface area contributed by atoms with E-state index in [1.165, 1.54) is 12.1 Å². The number of piperidine rings is 1. The first-order chi connectivity index (χ1) is 14.5. The van der Waals surface area contributed by atoms with E-state index in [9.17, 15) is 22.8 Å². The highest BCUT2D eigenvalue weighted by Gasteiger charge is 2.35. The zero-order valence-corrected chi connectivity index (χ0v) is 18.9. The molecule has 1 aromatic carbocycles. The van der Waals surface area contributed by atoms with Gasteiger partial charge in [-0.3, -0.25) is 14.4 Å². The second kappa shape index (κ2) is 10.7. The molecule has 0 bridgehead atoms. The molecule has 9 nitrogen and oxygen atoms in total. The van der Waals surface area contributed by atoms with Crippen molar-refractivity contribution in [3.63, 3.8) is 0 Å². The van der Waals surface area contributed by atoms with Crippen molar-refractivity contribution in [3.05, 3.63) is 29.8 Å². The molecule has 1 aliphatic heterocycles. The van der Waals surface area contributed by atoms with Crippen LogP contribution in [0.1, 0.15) is 38.7 Å². The number of carboxylic acids is 1. The SMILES string of the molecule is CC[C@@H](C)[C@@H](NS(=O)(=O)c1ccc(C)cc1)C(=O)N1CCC(C(=O)NCC(=O)O)CC1. The third kappa shape index (κ3) is 6.76. The molecule has 0 aliphatic carbocycles. The summed E-state index contributed by atoms with van der Waals surface area (Å²) in [6, 6.07) is 5.52. The Labute approximate surface area is 183 Å². The van der Waals surface area contributed by atoms with E-state index in [1.54, 1.807) is 17.0 Å². The lowest BCUT2D eigenvalue weighted by Crippen LogP contribution is -2.54. The fourth-order valence-electron chi connectivity index (χ4n) is 3.46. The van der Waals surface area contributed by atoms with Crippen LogP contribution in [-0.2, 0) is 24.4 Å². The lowest BCUT2D eigenvalue weighted by Gasteiger charge is -2.35. The predicted octanol–water partition coefficient (Wildman–Crippen LogP) is 1.13. The maximum absolute atomic E-state index is 13.2. The second-order valence-corrected chi connectivity index (χ2v) is 9.72. The van der Waals surface area contributed by atoms with Crippen LogP contribution in [-0.4, -0.2) is 61.9 Å². The van der Waals surface area contributed by atoms with Crippen LogP contribution in [0.25, 0.3) is 0 Å². The highest BCUT2D eigenvalue weighted by molar-refractivity contribution is 7.89. The minimum atomic E-state index is -3.87. The average Bonchev–Trinajstić information content (AvgIpc) is 2.75. The number of carbonyl (C=O) groups excluding carboxylic acids is 2. The molecule has 1 aliphatic rings. The van der Waals surface area contributed by atoms with Crippen molar-refractivity contribution >= 4 is 27.8 Å². The molecule has 0 aromatic heterocycles. The summed E-state index contributed by atoms with van der Waals surface area (Å²) >= 11 is 0. The number of hydrogen-bond donors (Lipinski definition) is 3. The Balaban J connectivity index is 2.06. The van der Waals surface area contributed by atoms with Crippen LogP contribution in [0.15, 0.2) is 29.2 Å². The Kier molecular flexibility index (Phi) is 8.58. The summed E-state index contributed by atoms with van der Waals surface area (Å²) in [6.07, 6.45) is 1.41. The first-order valence-corrected chi connectivity index (χ1v) is 11.9. The molecule has 1 aromatic rings. The van der Waals surface area contributed by atoms with E-state index in [0.29, 0.717) is 32.4 Å². The van der Waals surface area contributed by atoms with Crippen LogP contribution in [0.4, 0.5) is 0 Å². The molecule has 3 N–H and O–H groups in total. The average molecular weight is 454 g/mol. The van der Waals surface area contributed by atoms with E-state index in [-0.39, 0.29) is 28.5 Å². The van der Waals surface area contributed by atoms with Gasteiger partial charge in [0, 0.05) is 19.0 Å². The van der Waals surface area contributed by atoms with Crippen molar-refractivity contribution in [2.45, 2.75) is 51.0 Å². The van der Waals surface area contributed by atoms with Gasteiger partial charge >= 0.3 is 5.97 Å². The van der Waals surface area contributed by atoms with Gasteiger partial charge in [0.15, 0.2) is 0 Å². The summed E-state index contributed by atoms with van der Waals surface area (Å²) in [5.74, 6) is -2.35. The van der Waals surface area contributed by atoms with E-state index in [0.717, 1.165) is 5.56 Å². The first kappa shape index (κ1) is 24.8. The van der Waals surface area contributed by atoms with Gasteiger partial charge in [-0.25, -0.2) is 8.42 Å². The van der Waals surface area contributed by atoms with Crippen molar-refractivity contribution in [3.8, 4) is 0 Å². The number of hydrogen-bond acceptors (Lipinski definition) is 5. The number of carbonyl (C=O) groups is 3. The topological polar surface area (TPSA) is 133 Å². The number of nitrogens with zero attached hydrogens (tertiary/aromatic N) is 1. The molecule has 1 saturated heterocycles. The minimum absolute atomic E-state index is 0.105. The standard InChI is InChI=1S/C21H31N3O6S/c1-4-15(3)19(23-31(29,30)17-7-5-14(2)6-8-17)21(28)24-11-9-16(10-12-24)20(27)22-13-18(25)26/h5-8,15-16,19,23H,4,9-13H2,1-3H3,(H,22,27)(H,25,26)/t15-,19-/m1/s1. The lowest BCUT2D eigenvalue weighted by atomic mass is 9.93. The van der Waals surface area contributed by atoms with Gasteiger partial charge in [0.05, 0.1) is 4.90 Å². The van der Waals surface area contributed by atoms with E-state index in [4.69, 9.17) is 5.11 Å². The maximum atomic E-state index is 13.2. The van der Waals surface area contributed by atoms with Gasteiger partial charge in [0.1, 0.15) is 12.6 Å². The summed E-state index contributed by atoms with van der Waals surface area (Å²) in [7, 11) is -3.87. The number of sulfonamides is 1. The fraction of sp³-hybridized carbons (Fsp3) is 0.571. The molecule has 0 unspecified atom stereocenters. The van der Waals surface area contributed by atoms with Crippen LogP contribution in [0, 0.1) is 18.8 Å². The molecule has 1 heterocycles. The maximum Gasteiger partial charge on any atom is 0.322 e. The number of carboxylic acid groups (broad SMARTS) is 1. The van der Waals surface area contributed by atoms with Gasteiger partial charge in [-0.15, -0.1) is 0 Å². The van der Waals surface area contributed by atoms with Gasteiger partial charge in [0.2, 0.25) is 21.8 Å². The second-order valence-electron chi connectivity index (χ2n) is 8.01. The summed E-state index contributed by atoms with van der Waals surface area (Å²) in [6.45, 7) is 5.76. The number of benzene rings is 1. The summed E-state index contributed by atoms with van der Waals surface area (Å²) < 4.78 is 28.3. The van der Waals surface area contributed by atoms with Crippen LogP contribution in [0.2, 0.25) is 0 Å². The quantitative estimate of drug-likeness (QED) is 0.513. The van der Waals surface area contributed by atoms with E-state index < -0.39 is 28.6 Å². The molecule has 2 atom stereocenters. The largest absolute Gasteiger partial charge is 0.480 e. The van der Waals surface area contributed by atoms with E-state index in [2.05, 4.69) is 10.0 Å². The van der Waals surface area contributed by atoms with Crippen molar-refractivity contribution in [2.75, 3.05) is 19.6 Å². The molecule has 2 rings (SSSR count). The van der Waals surface area contributed by atoms with Gasteiger partial charge < -0.3 is 15.3 Å². The number of aliphatic carboxylic acids is 1. The molecule has 0 radical (unpaired) electrons. The van der Waals surface area contributed by atoms with Crippen LogP contribution in [0.3, 0.4) is 0 Å². The van der Waals surface area contributed by atoms with Crippen molar-refractivity contribution in [1.29, 1.82) is 0 Å². The normalized spacial score (nSPS) is 17.1. The van der Waals surface area contributed by atoms with Crippen LogP contribution in [0.5, 0.6) is 0 Å². The van der Waals surface area contributed by atoms with Crippen molar-refractivity contribution < 1.29 is 27.9 Å². The number of amides is 2. The summed E-state index contributed by atoms with van der Waals surface area (Å²) in [4.78, 5) is 37.5. The molecule has 0 spiro atoms. The lowest BCUT2D eigenvalue weighted by molar-refractivity contribution is -0.140. The molecule has 31 heavy (non-hydrogen) atoms. The molecular formula is C21H31N3O6S. The molecule has 2 amide bonds. The smallest absolute Gasteiger partial charge is 0.322 e. The summed E-state index contributed by atoms with van der Waals surface area (Å²) in [5.41, 5.74) is 0.934. The van der Waals surface area contributed by atoms with E-state index in [1.807, 2.05) is 20.8 Å². The highest BCUT2D eigenvalue weighted by Crippen LogP contribution is 2.21. The number of nitrogens with one attached hydrogen (secondary N) is 2. The molecule has 0 saturated carbocycles. The molecule has 1 fully saturated rings. The Bertz CT molecular complexity index is 892. The van der Waals surface area contributed by atoms with Gasteiger partial charge in [-0.2, -0.15) is 4.72 Å². The number of aryl methyl sites for hydroxylation is 1. The predicted molar refractivity (Wildman–Crippen MR) is 115 cm³/mol. The third-order valence-corrected chi connectivity index (χ3v) is 7.14.